The van der Waals surface area contributed by atoms with Gasteiger partial charge < -0.3 is 10.1 Å². The van der Waals surface area contributed by atoms with Gasteiger partial charge in [-0.3, -0.25) is 4.79 Å². The smallest absolute Gasteiger partial charge is 0.252 e. The van der Waals surface area contributed by atoms with Crippen LogP contribution in [0.1, 0.15) is 34.5 Å². The van der Waals surface area contributed by atoms with Crippen LogP contribution in [0.5, 0.6) is 5.75 Å². The maximum Gasteiger partial charge on any atom is 0.252 e. The highest BCUT2D eigenvalue weighted by Crippen LogP contribution is 2.27. The molecule has 1 N–H and O–H groups in total. The maximum atomic E-state index is 12.8. The van der Waals surface area contributed by atoms with Gasteiger partial charge in [0.2, 0.25) is 0 Å². The number of nitrogens with zero attached hydrogens (tertiary/aromatic N) is 1. The quantitative estimate of drug-likeness (QED) is 0.691. The van der Waals surface area contributed by atoms with E-state index in [-0.39, 0.29) is 11.9 Å². The van der Waals surface area contributed by atoms with E-state index in [9.17, 15) is 4.79 Å². The van der Waals surface area contributed by atoms with E-state index in [1.54, 1.807) is 13.2 Å². The van der Waals surface area contributed by atoms with Gasteiger partial charge in [-0.2, -0.15) is 0 Å². The number of rotatable bonds is 4. The Hall–Kier alpha value is -2.59. The van der Waals surface area contributed by atoms with E-state index in [1.165, 1.54) is 0 Å². The molecule has 1 aromatic heterocycles. The van der Waals surface area contributed by atoms with Crippen molar-refractivity contribution in [3.63, 3.8) is 0 Å². The van der Waals surface area contributed by atoms with Crippen LogP contribution < -0.4 is 10.1 Å². The molecule has 0 spiro atoms. The average Bonchev–Trinajstić information content (AvgIpc) is 2.60. The Morgan fingerprint density at radius 1 is 1.20 bits per heavy atom. The van der Waals surface area contributed by atoms with E-state index in [1.807, 2.05) is 56.3 Å². The topological polar surface area (TPSA) is 51.2 Å². The molecule has 0 bridgehead atoms. The number of methoxy groups -OCH3 is 1. The normalized spacial score (nSPS) is 12.0. The van der Waals surface area contributed by atoms with Crippen LogP contribution in [0.25, 0.3) is 10.9 Å². The van der Waals surface area contributed by atoms with Crippen LogP contribution in [0.3, 0.4) is 0 Å². The van der Waals surface area contributed by atoms with Crippen LogP contribution in [-0.4, -0.2) is 18.0 Å². The summed E-state index contributed by atoms with van der Waals surface area (Å²) in [7, 11) is 1.62. The highest BCUT2D eigenvalue weighted by Gasteiger charge is 2.18. The lowest BCUT2D eigenvalue weighted by molar-refractivity contribution is 0.0941. The molecule has 2 aromatic carbocycles. The highest BCUT2D eigenvalue weighted by atomic mass is 35.5. The van der Waals surface area contributed by atoms with Crippen molar-refractivity contribution in [1.29, 1.82) is 0 Å². The minimum Gasteiger partial charge on any atom is -0.496 e. The molecule has 0 saturated carbocycles. The molecule has 0 aliphatic carbocycles. The molecule has 4 nitrogen and oxygen atoms in total. The molecule has 1 atom stereocenters. The summed E-state index contributed by atoms with van der Waals surface area (Å²) in [5, 5.41) is 4.10. The zero-order chi connectivity index (χ0) is 18.0. The van der Waals surface area contributed by atoms with Crippen molar-refractivity contribution in [3.8, 4) is 5.75 Å². The van der Waals surface area contributed by atoms with Gasteiger partial charge in [-0.15, -0.1) is 0 Å². The molecular weight excluding hydrogens is 336 g/mol. The van der Waals surface area contributed by atoms with Gasteiger partial charge in [-0.05, 0) is 32.0 Å². The number of hydrogen-bond acceptors (Lipinski definition) is 3. The molecule has 3 aromatic rings. The summed E-state index contributed by atoms with van der Waals surface area (Å²) in [5.74, 6) is 0.549. The molecule has 0 saturated heterocycles. The van der Waals surface area contributed by atoms with Gasteiger partial charge in [0, 0.05) is 10.9 Å². The number of para-hydroxylation sites is 1. The maximum absolute atomic E-state index is 12.8. The number of ether oxygens (including phenoxy) is 1. The van der Waals surface area contributed by atoms with Crippen LogP contribution >= 0.6 is 11.6 Å². The van der Waals surface area contributed by atoms with Gasteiger partial charge in [-0.1, -0.05) is 47.5 Å². The Morgan fingerprint density at radius 3 is 2.72 bits per heavy atom. The molecule has 3 rings (SSSR count). The second-order valence-electron chi connectivity index (χ2n) is 5.95. The Kier molecular flexibility index (Phi) is 4.91. The lowest BCUT2D eigenvalue weighted by Crippen LogP contribution is -2.27. The molecular formula is C20H19ClN2O2. The van der Waals surface area contributed by atoms with Crippen molar-refractivity contribution in [2.45, 2.75) is 19.9 Å². The summed E-state index contributed by atoms with van der Waals surface area (Å²) >= 11 is 6.08. The van der Waals surface area contributed by atoms with Crippen LogP contribution in [0, 0.1) is 6.92 Å². The first-order valence-corrected chi connectivity index (χ1v) is 8.38. The second-order valence-corrected chi connectivity index (χ2v) is 6.34. The van der Waals surface area contributed by atoms with E-state index in [4.69, 9.17) is 16.3 Å². The molecule has 0 fully saturated rings. The average molecular weight is 355 g/mol. The van der Waals surface area contributed by atoms with Crippen LogP contribution in [0.15, 0.2) is 48.5 Å². The Balaban J connectivity index is 1.94. The predicted molar refractivity (Wildman–Crippen MR) is 100 cm³/mol. The van der Waals surface area contributed by atoms with Crippen molar-refractivity contribution >= 4 is 28.4 Å². The predicted octanol–water partition coefficient (Wildman–Crippen LogP) is 4.70. The summed E-state index contributed by atoms with van der Waals surface area (Å²) in [6.45, 7) is 3.94. The molecule has 1 unspecified atom stereocenters. The lowest BCUT2D eigenvalue weighted by Gasteiger charge is -2.18. The van der Waals surface area contributed by atoms with Gasteiger partial charge in [0.15, 0.2) is 0 Å². The standard InChI is InChI=1S/C20H19ClN2O2/c1-12-8-9-18(25-3)15(10-12)13(2)22-20(24)16-11-19(21)23-17-7-5-4-6-14(16)17/h4-11,13H,1-3H3,(H,22,24). The number of amides is 1. The first-order valence-electron chi connectivity index (χ1n) is 8.00. The van der Waals surface area contributed by atoms with E-state index in [0.29, 0.717) is 16.2 Å². The lowest BCUT2D eigenvalue weighted by atomic mass is 10.0. The van der Waals surface area contributed by atoms with Gasteiger partial charge in [-0.25, -0.2) is 4.98 Å². The van der Waals surface area contributed by atoms with Crippen molar-refractivity contribution < 1.29 is 9.53 Å². The van der Waals surface area contributed by atoms with E-state index >= 15 is 0 Å². The third-order valence-electron chi connectivity index (χ3n) is 4.13. The van der Waals surface area contributed by atoms with Crippen LogP contribution in [0.4, 0.5) is 0 Å². The number of benzene rings is 2. The number of fused-ring (bicyclic) bond motifs is 1. The third-order valence-corrected chi connectivity index (χ3v) is 4.32. The van der Waals surface area contributed by atoms with Crippen LogP contribution in [-0.2, 0) is 0 Å². The van der Waals surface area contributed by atoms with E-state index in [0.717, 1.165) is 22.3 Å². The molecule has 0 aliphatic rings. The summed E-state index contributed by atoms with van der Waals surface area (Å²) < 4.78 is 5.42. The van der Waals surface area contributed by atoms with Crippen molar-refractivity contribution in [2.24, 2.45) is 0 Å². The molecule has 1 amide bonds. The fraction of sp³-hybridized carbons (Fsp3) is 0.200. The number of hydrogen-bond donors (Lipinski definition) is 1. The minimum atomic E-state index is -0.215. The van der Waals surface area contributed by atoms with Gasteiger partial charge in [0.1, 0.15) is 10.9 Å². The van der Waals surface area contributed by atoms with E-state index < -0.39 is 0 Å². The molecule has 25 heavy (non-hydrogen) atoms. The zero-order valence-corrected chi connectivity index (χ0v) is 15.1. The number of pyridine rings is 1. The monoisotopic (exact) mass is 354 g/mol. The highest BCUT2D eigenvalue weighted by molar-refractivity contribution is 6.30. The number of aryl methyl sites for hydroxylation is 1. The SMILES string of the molecule is COc1ccc(C)cc1C(C)NC(=O)c1cc(Cl)nc2ccccc12. The summed E-state index contributed by atoms with van der Waals surface area (Å²) in [6.07, 6.45) is 0. The van der Waals surface area contributed by atoms with Crippen molar-refractivity contribution in [3.05, 3.63) is 70.4 Å². The fourth-order valence-electron chi connectivity index (χ4n) is 2.88. The van der Waals surface area contributed by atoms with Crippen LogP contribution in [0.2, 0.25) is 5.15 Å². The Morgan fingerprint density at radius 2 is 1.96 bits per heavy atom. The first-order chi connectivity index (χ1) is 12.0. The summed E-state index contributed by atoms with van der Waals surface area (Å²) in [5.41, 5.74) is 3.24. The van der Waals surface area contributed by atoms with Crippen molar-refractivity contribution in [2.75, 3.05) is 7.11 Å². The van der Waals surface area contributed by atoms with E-state index in [2.05, 4.69) is 10.3 Å². The van der Waals surface area contributed by atoms with Crippen molar-refractivity contribution in [1.82, 2.24) is 10.3 Å². The largest absolute Gasteiger partial charge is 0.496 e. The van der Waals surface area contributed by atoms with Gasteiger partial charge in [0.05, 0.1) is 24.2 Å². The Labute approximate surface area is 151 Å². The summed E-state index contributed by atoms with van der Waals surface area (Å²) in [4.78, 5) is 17.1. The zero-order valence-electron chi connectivity index (χ0n) is 14.3. The summed E-state index contributed by atoms with van der Waals surface area (Å²) in [6, 6.07) is 14.7. The molecule has 0 radical (unpaired) electrons. The molecule has 0 aliphatic heterocycles. The Bertz CT molecular complexity index is 940. The fourth-order valence-corrected chi connectivity index (χ4v) is 3.08. The molecule has 128 valence electrons. The number of nitrogens with one attached hydrogen (secondary N) is 1. The number of aromatic nitrogens is 1. The van der Waals surface area contributed by atoms with Gasteiger partial charge in [0.25, 0.3) is 5.91 Å². The number of halogens is 1. The minimum absolute atomic E-state index is 0.198. The molecule has 1 heterocycles. The van der Waals surface area contributed by atoms with Gasteiger partial charge >= 0.3 is 0 Å². The first kappa shape index (κ1) is 17.2. The third kappa shape index (κ3) is 3.59. The molecule has 5 heteroatoms. The number of carbonyl (C=O) groups is 1. The number of carbonyl (C=O) groups excluding carboxylic acids is 1. The second kappa shape index (κ2) is 7.11.